The first kappa shape index (κ1) is 45.4. The van der Waals surface area contributed by atoms with Crippen molar-refractivity contribution in [1.82, 2.24) is 4.90 Å². The second-order valence-corrected chi connectivity index (χ2v) is 17.4. The molecule has 2 aliphatic heterocycles. The van der Waals surface area contributed by atoms with Crippen LogP contribution in [-0.4, -0.2) is 60.8 Å². The van der Waals surface area contributed by atoms with E-state index in [0.29, 0.717) is 32.3 Å². The van der Waals surface area contributed by atoms with Gasteiger partial charge in [-0.2, -0.15) is 0 Å². The zero-order chi connectivity index (χ0) is 42.4. The zero-order valence-corrected chi connectivity index (χ0v) is 35.9. The van der Waals surface area contributed by atoms with E-state index in [1.165, 1.54) is 6.08 Å². The highest BCUT2D eigenvalue weighted by Crippen LogP contribution is 2.49. The van der Waals surface area contributed by atoms with Crippen LogP contribution in [0.3, 0.4) is 0 Å². The molecular weight excluding hydrogens is 738 g/mol. The molecule has 5 rings (SSSR count). The Morgan fingerprint density at radius 1 is 1.05 bits per heavy atom. The number of benzene rings is 2. The van der Waals surface area contributed by atoms with Crippen molar-refractivity contribution in [1.29, 1.82) is 0 Å². The molecule has 7 unspecified atom stereocenters. The van der Waals surface area contributed by atoms with Gasteiger partial charge in [0, 0.05) is 42.9 Å². The van der Waals surface area contributed by atoms with E-state index >= 15 is 4.79 Å². The molecule has 9 heteroatoms. The Morgan fingerprint density at radius 3 is 2.44 bits per heavy atom. The third-order valence-corrected chi connectivity index (χ3v) is 11.3. The molecule has 2 fully saturated rings. The van der Waals surface area contributed by atoms with Crippen molar-refractivity contribution in [2.45, 2.75) is 104 Å². The normalized spacial score (nSPS) is 24.7. The number of hydrogen-bond acceptors (Lipinski definition) is 6. The van der Waals surface area contributed by atoms with E-state index in [9.17, 15) is 9.18 Å². The summed E-state index contributed by atoms with van der Waals surface area (Å²) in [5, 5.41) is 3.30. The van der Waals surface area contributed by atoms with E-state index in [1.54, 1.807) is 0 Å². The topological polar surface area (TPSA) is 77.1 Å². The molecule has 2 heterocycles. The van der Waals surface area contributed by atoms with Gasteiger partial charge in [-0.15, -0.1) is 5.73 Å². The van der Waals surface area contributed by atoms with Crippen molar-refractivity contribution >= 4 is 30.1 Å². The number of rotatable bonds is 14. The number of piperidine rings is 1. The first-order valence-corrected chi connectivity index (χ1v) is 21.2. The number of anilines is 1. The molecule has 0 spiro atoms. The quantitative estimate of drug-likeness (QED) is 0.0675. The highest BCUT2D eigenvalue weighted by Gasteiger charge is 2.53. The number of halogens is 1. The van der Waals surface area contributed by atoms with Crippen molar-refractivity contribution in [3.63, 3.8) is 0 Å². The number of amides is 1. The minimum absolute atomic E-state index is 0.0681. The lowest BCUT2D eigenvalue weighted by atomic mass is 9.59. The van der Waals surface area contributed by atoms with E-state index in [2.05, 4.69) is 73.7 Å². The highest BCUT2D eigenvalue weighted by molar-refractivity contribution is 6.61. The predicted octanol–water partition coefficient (Wildman–Crippen LogP) is 9.56. The monoisotopic (exact) mass is 800 g/mol. The number of allylic oxidation sites excluding steroid dienone is 8. The molecule has 0 saturated carbocycles. The smallest absolute Gasteiger partial charge is 0.460 e. The van der Waals surface area contributed by atoms with Crippen molar-refractivity contribution in [2.24, 2.45) is 29.1 Å². The molecule has 0 aromatic heterocycles. The van der Waals surface area contributed by atoms with E-state index in [1.807, 2.05) is 106 Å². The third-order valence-electron chi connectivity index (χ3n) is 11.3. The molecule has 59 heavy (non-hydrogen) atoms. The Kier molecular flexibility index (Phi) is 16.6. The fourth-order valence-corrected chi connectivity index (χ4v) is 8.73. The molecule has 1 N–H and O–H groups in total. The summed E-state index contributed by atoms with van der Waals surface area (Å²) >= 11 is 0. The molecule has 2 saturated heterocycles. The summed E-state index contributed by atoms with van der Waals surface area (Å²) in [7, 11) is -0.646. The van der Waals surface area contributed by atoms with Crippen molar-refractivity contribution in [2.75, 3.05) is 18.4 Å². The molecule has 0 radical (unpaired) electrons. The Bertz CT molecular complexity index is 1950. The molecule has 312 valence electrons. The third kappa shape index (κ3) is 12.9. The van der Waals surface area contributed by atoms with Crippen LogP contribution in [0.25, 0.3) is 0 Å². The maximum Gasteiger partial charge on any atom is 0.494 e. The van der Waals surface area contributed by atoms with Gasteiger partial charge in [0.15, 0.2) is 0 Å². The number of carbonyl (C=O) groups excluding carboxylic acids is 2. The molecule has 1 aliphatic carbocycles. The summed E-state index contributed by atoms with van der Waals surface area (Å²) in [5.74, 6) is 5.19. The second kappa shape index (κ2) is 21.5. The first-order valence-electron chi connectivity index (χ1n) is 21.2. The van der Waals surface area contributed by atoms with Gasteiger partial charge in [0.1, 0.15) is 5.60 Å². The van der Waals surface area contributed by atoms with Gasteiger partial charge in [-0.25, -0.2) is 4.39 Å². The highest BCUT2D eigenvalue weighted by atomic mass is 19.1. The largest absolute Gasteiger partial charge is 0.494 e. The van der Waals surface area contributed by atoms with Crippen molar-refractivity contribution in [3.05, 3.63) is 127 Å². The number of carbonyl (C=O) groups is 2. The molecule has 7 nitrogen and oxygen atoms in total. The van der Waals surface area contributed by atoms with Crippen LogP contribution in [0, 0.1) is 40.9 Å². The Labute approximate surface area is 352 Å². The van der Waals surface area contributed by atoms with Crippen LogP contribution >= 0.6 is 0 Å². The van der Waals surface area contributed by atoms with E-state index in [-0.39, 0.29) is 48.2 Å². The van der Waals surface area contributed by atoms with E-state index < -0.39 is 30.2 Å². The minimum Gasteiger partial charge on any atom is -0.460 e. The maximum absolute atomic E-state index is 15.1. The van der Waals surface area contributed by atoms with Gasteiger partial charge >= 0.3 is 13.1 Å². The molecular formula is C50H62BFN2O5. The standard InChI is InChI=1S/C50H62BFN2O5/c1-8-9-20-30-50(7,31-21-22-32-52)43-36-54(33-29-41-34-42(35-44(55)57-49(4,5)6)59-51(58-41)39-25-16-12-17-26-39)47(37(2)3)46(45(43)38-23-14-10-11-15-24-38)48(56)53-40-27-18-13-19-28-40/h10-14,16-20,22-28,30,32,37,41-43,45-47H,8-9,29,33-36H2,1-7H3,(H,53,56)/b30-20-,32-22+. The summed E-state index contributed by atoms with van der Waals surface area (Å²) < 4.78 is 32.3. The number of likely N-dealkylation sites (tertiary alicyclic amines) is 1. The molecule has 7 atom stereocenters. The first-order chi connectivity index (χ1) is 28.3. The van der Waals surface area contributed by atoms with Crippen LogP contribution in [0.1, 0.15) is 80.6 Å². The average Bonchev–Trinajstić information content (AvgIpc) is 3.49. The maximum atomic E-state index is 15.1. The number of esters is 1. The lowest BCUT2D eigenvalue weighted by Gasteiger charge is -2.54. The average molecular weight is 801 g/mol. The fourth-order valence-electron chi connectivity index (χ4n) is 8.73. The SMILES string of the molecule is CCC/C=C\C(C)(C#C/C=C/F)C1CN(CCC2CC(CC(=O)OC(C)(C)C)OB(c3ccccc3)O2)C(C(C)C)C(C(=O)Nc2ccccc2)C1C1=CC=CC=C=C1. The number of nitrogens with zero attached hydrogens (tertiary/aromatic N) is 1. The molecule has 2 aromatic carbocycles. The van der Waals surface area contributed by atoms with E-state index in [0.717, 1.165) is 29.6 Å². The molecule has 2 aromatic rings. The predicted molar refractivity (Wildman–Crippen MR) is 237 cm³/mol. The Balaban J connectivity index is 1.58. The summed E-state index contributed by atoms with van der Waals surface area (Å²) in [4.78, 5) is 30.6. The summed E-state index contributed by atoms with van der Waals surface area (Å²) in [5.41, 5.74) is 4.58. The van der Waals surface area contributed by atoms with Gasteiger partial charge in [-0.05, 0) is 94.1 Å². The molecule has 3 aliphatic rings. The van der Waals surface area contributed by atoms with Gasteiger partial charge in [-0.3, -0.25) is 14.5 Å². The number of para-hydroxylation sites is 1. The van der Waals surface area contributed by atoms with Crippen molar-refractivity contribution < 1.29 is 28.0 Å². The number of unbranched alkanes of at least 4 members (excludes halogenated alkanes) is 1. The summed E-state index contributed by atoms with van der Waals surface area (Å²) in [6, 6.07) is 19.3. The minimum atomic E-state index is -0.745. The Hall–Kier alpha value is -4.71. The summed E-state index contributed by atoms with van der Waals surface area (Å²) in [6.45, 7) is 15.5. The van der Waals surface area contributed by atoms with E-state index in [4.69, 9.17) is 14.0 Å². The van der Waals surface area contributed by atoms with Gasteiger partial charge < -0.3 is 19.4 Å². The van der Waals surface area contributed by atoms with Crippen LogP contribution < -0.4 is 10.8 Å². The van der Waals surface area contributed by atoms with Crippen LogP contribution in [0.15, 0.2) is 127 Å². The second-order valence-electron chi connectivity index (χ2n) is 17.4. The molecule has 0 bridgehead atoms. The molecule has 1 amide bonds. The Morgan fingerprint density at radius 2 is 1.76 bits per heavy atom. The lowest BCUT2D eigenvalue weighted by molar-refractivity contribution is -0.157. The van der Waals surface area contributed by atoms with Crippen LogP contribution in [0.4, 0.5) is 10.1 Å². The van der Waals surface area contributed by atoms with Gasteiger partial charge in [0.2, 0.25) is 5.91 Å². The van der Waals surface area contributed by atoms with Gasteiger partial charge in [-0.1, -0.05) is 118 Å². The summed E-state index contributed by atoms with van der Waals surface area (Å²) in [6.07, 6.45) is 18.5. The fraction of sp³-hybridized carbons (Fsp3) is 0.460. The van der Waals surface area contributed by atoms with Crippen LogP contribution in [0.2, 0.25) is 0 Å². The van der Waals surface area contributed by atoms with Gasteiger partial charge in [0.05, 0.1) is 30.2 Å². The van der Waals surface area contributed by atoms with Crippen molar-refractivity contribution in [3.8, 4) is 11.8 Å². The van der Waals surface area contributed by atoms with Crippen LogP contribution in [0.5, 0.6) is 0 Å². The van der Waals surface area contributed by atoms with Gasteiger partial charge in [0.25, 0.3) is 0 Å². The number of hydrogen-bond donors (Lipinski definition) is 1. The number of ether oxygens (including phenoxy) is 1. The number of nitrogens with one attached hydrogen (secondary N) is 1. The lowest BCUT2D eigenvalue weighted by Crippen LogP contribution is -2.62. The van der Waals surface area contributed by atoms with Crippen LogP contribution in [-0.2, 0) is 23.6 Å². The zero-order valence-electron chi connectivity index (χ0n) is 35.9.